The van der Waals surface area contributed by atoms with Crippen LogP contribution in [0.1, 0.15) is 69.1 Å². The van der Waals surface area contributed by atoms with E-state index in [1.807, 2.05) is 0 Å². The molecule has 0 radical (unpaired) electrons. The summed E-state index contributed by atoms with van der Waals surface area (Å²) in [6.07, 6.45) is 0. The number of rotatable bonds is 14. The molecule has 0 fully saturated rings. The van der Waals surface area contributed by atoms with Crippen LogP contribution in [0.5, 0.6) is 0 Å². The van der Waals surface area contributed by atoms with E-state index in [4.69, 9.17) is 59.5 Å². The molecule has 63 heavy (non-hydrogen) atoms. The molecule has 0 bridgehead atoms. The minimum Gasteiger partial charge on any atom is -0.462 e. The number of anilines is 7. The Labute approximate surface area is 376 Å². The summed E-state index contributed by atoms with van der Waals surface area (Å²) in [6.45, 7) is 8.25. The van der Waals surface area contributed by atoms with Gasteiger partial charge in [-0.2, -0.15) is 29.9 Å². The molecule has 0 saturated heterocycles. The smallest absolute Gasteiger partial charge is 0.338 e. The molecule has 18 nitrogen and oxygen atoms in total. The van der Waals surface area contributed by atoms with Gasteiger partial charge in [-0.3, -0.25) is 0 Å². The normalized spacial score (nSPS) is 10.1. The number of aromatic nitrogens is 6. The molecular weight excluding hydrogens is 879 g/mol. The minimum absolute atomic E-state index is 0.000000000000000444. The molecule has 0 unspecified atom stereocenters. The number of hydrogen-bond donors (Lipinski definition) is 4. The van der Waals surface area contributed by atoms with Gasteiger partial charge >= 0.3 is 23.9 Å². The first kappa shape index (κ1) is 48.5. The van der Waals surface area contributed by atoms with Crippen LogP contribution in [0.3, 0.4) is 0 Å². The van der Waals surface area contributed by atoms with Crippen molar-refractivity contribution >= 4 is 99.3 Å². The van der Waals surface area contributed by atoms with Crippen molar-refractivity contribution < 1.29 is 38.1 Å². The van der Waals surface area contributed by atoms with Crippen molar-refractivity contribution in [2.75, 3.05) is 48.1 Å². The van der Waals surface area contributed by atoms with Gasteiger partial charge < -0.3 is 40.6 Å². The predicted molar refractivity (Wildman–Crippen MR) is 239 cm³/mol. The molecule has 0 aliphatic rings. The van der Waals surface area contributed by atoms with Gasteiger partial charge in [0.05, 0.1) is 48.7 Å². The highest BCUT2D eigenvalue weighted by Crippen LogP contribution is 2.23. The summed E-state index contributed by atoms with van der Waals surface area (Å²) >= 11 is 16.0. The fourth-order valence-electron chi connectivity index (χ4n) is 4.78. The molecule has 6 rings (SSSR count). The van der Waals surface area contributed by atoms with Crippen LogP contribution in [0.15, 0.2) is 97.1 Å². The van der Waals surface area contributed by atoms with Crippen molar-refractivity contribution in [1.29, 1.82) is 0 Å². The van der Waals surface area contributed by atoms with Crippen LogP contribution in [0.2, 0.25) is 15.9 Å². The fourth-order valence-corrected chi connectivity index (χ4v) is 5.39. The number of nitrogen functional groups attached to an aromatic ring is 1. The SMILES string of the molecule is CCOC(=O)c1ccc(N)cc1.CCOC(=O)c1ccc(Nc2nc(Nc3ccc(C(=O)OCC)cc3)nc(Nc3ccc(C(=O)OCC)cc3)n2)cc1.Clc1nc(Cl)nc(Cl)n1. The van der Waals surface area contributed by atoms with Crippen molar-refractivity contribution in [2.24, 2.45) is 0 Å². The molecule has 21 heteroatoms. The quantitative estimate of drug-likeness (QED) is 0.0452. The van der Waals surface area contributed by atoms with E-state index in [2.05, 4.69) is 45.9 Å². The van der Waals surface area contributed by atoms with Crippen LogP contribution < -0.4 is 21.7 Å². The lowest BCUT2D eigenvalue weighted by Crippen LogP contribution is -2.08. The summed E-state index contributed by atoms with van der Waals surface area (Å²) in [5.41, 5.74) is 9.76. The van der Waals surface area contributed by atoms with Gasteiger partial charge in [0.1, 0.15) is 0 Å². The van der Waals surface area contributed by atoms with E-state index in [9.17, 15) is 19.2 Å². The van der Waals surface area contributed by atoms with Gasteiger partial charge in [-0.25, -0.2) is 19.2 Å². The van der Waals surface area contributed by atoms with Gasteiger partial charge in [0, 0.05) is 22.7 Å². The van der Waals surface area contributed by atoms with Crippen molar-refractivity contribution in [2.45, 2.75) is 27.7 Å². The van der Waals surface area contributed by atoms with Gasteiger partial charge in [-0.05, 0) is 160 Å². The van der Waals surface area contributed by atoms with E-state index < -0.39 is 17.9 Å². The molecule has 4 aromatic carbocycles. The lowest BCUT2D eigenvalue weighted by atomic mass is 10.2. The molecule has 6 aromatic rings. The third-order valence-corrected chi connectivity index (χ3v) is 8.07. The van der Waals surface area contributed by atoms with E-state index in [-0.39, 0.29) is 59.5 Å². The van der Waals surface area contributed by atoms with Gasteiger partial charge in [0.15, 0.2) is 0 Å². The molecule has 0 saturated carbocycles. The molecule has 0 amide bonds. The predicted octanol–water partition coefficient (Wildman–Crippen LogP) is 8.91. The molecule has 2 aromatic heterocycles. The second-order valence-corrected chi connectivity index (χ2v) is 13.1. The molecule has 2 heterocycles. The van der Waals surface area contributed by atoms with Gasteiger partial charge in [0.2, 0.25) is 33.7 Å². The third kappa shape index (κ3) is 16.3. The average molecular weight is 920 g/mol. The lowest BCUT2D eigenvalue weighted by Gasteiger charge is -2.12. The Bertz CT molecular complexity index is 2200. The summed E-state index contributed by atoms with van der Waals surface area (Å²) in [5.74, 6) is -0.904. The van der Waals surface area contributed by atoms with Crippen molar-refractivity contribution in [3.8, 4) is 0 Å². The molecule has 0 aliphatic heterocycles. The Morgan fingerprint density at radius 3 is 0.857 bits per heavy atom. The Kier molecular flexibility index (Phi) is 19.2. The van der Waals surface area contributed by atoms with E-state index in [1.165, 1.54) is 0 Å². The van der Waals surface area contributed by atoms with Gasteiger partial charge in [0.25, 0.3) is 0 Å². The first-order chi connectivity index (χ1) is 30.3. The maximum atomic E-state index is 12.0. The molecular formula is C42H41Cl3N10O8. The number of hydrogen-bond acceptors (Lipinski definition) is 18. The van der Waals surface area contributed by atoms with Crippen LogP contribution in [0.4, 0.5) is 40.6 Å². The number of nitrogens with two attached hydrogens (primary N) is 1. The average Bonchev–Trinajstić information content (AvgIpc) is 3.25. The number of carbonyl (C=O) groups is 4. The number of nitrogens with zero attached hydrogens (tertiary/aromatic N) is 6. The van der Waals surface area contributed by atoms with Crippen LogP contribution in [0, 0.1) is 0 Å². The summed E-state index contributed by atoms with van der Waals surface area (Å²) in [5, 5.41) is 9.34. The minimum atomic E-state index is -0.412. The number of halogens is 3. The van der Waals surface area contributed by atoms with Crippen molar-refractivity contribution in [3.05, 3.63) is 135 Å². The Hall–Kier alpha value is -7.15. The highest BCUT2D eigenvalue weighted by molar-refractivity contribution is 6.33. The molecule has 328 valence electrons. The highest BCUT2D eigenvalue weighted by Gasteiger charge is 2.13. The second-order valence-electron chi connectivity index (χ2n) is 12.1. The van der Waals surface area contributed by atoms with Crippen LogP contribution >= 0.6 is 34.8 Å². The summed E-state index contributed by atoms with van der Waals surface area (Å²) in [6, 6.07) is 26.7. The zero-order valence-corrected chi connectivity index (χ0v) is 36.5. The van der Waals surface area contributed by atoms with E-state index in [0.29, 0.717) is 51.6 Å². The monoisotopic (exact) mass is 918 g/mol. The third-order valence-electron chi connectivity index (χ3n) is 7.57. The van der Waals surface area contributed by atoms with Crippen LogP contribution in [-0.2, 0) is 18.9 Å². The van der Waals surface area contributed by atoms with E-state index >= 15 is 0 Å². The summed E-state index contributed by atoms with van der Waals surface area (Å²) in [7, 11) is 0. The number of benzene rings is 4. The van der Waals surface area contributed by atoms with E-state index in [0.717, 1.165) is 0 Å². The maximum Gasteiger partial charge on any atom is 0.338 e. The standard InChI is InChI=1S/C30H30N6O6.C9H11NO2.C3Cl3N3/c1-4-40-25(37)19-7-13-22(14-8-19)31-28-34-29(32-23-15-9-20(10-16-23)26(38)41-5-2)36-30(35-28)33-24-17-11-21(12-18-24)27(39)42-6-3;1-2-12-9(11)7-3-5-8(10)6-4-7;4-1-7-2(5)9-3(6)8-1/h7-18H,4-6H2,1-3H3,(H3,31,32,33,34,35,36);3-6H,2,10H2,1H3;. The summed E-state index contributed by atoms with van der Waals surface area (Å²) in [4.78, 5) is 70.8. The highest BCUT2D eigenvalue weighted by atomic mass is 35.5. The van der Waals surface area contributed by atoms with Crippen molar-refractivity contribution in [1.82, 2.24) is 29.9 Å². The number of carbonyl (C=O) groups excluding carboxylic acids is 4. The second kappa shape index (κ2) is 24.9. The van der Waals surface area contributed by atoms with Crippen LogP contribution in [0.25, 0.3) is 0 Å². The number of ether oxygens (including phenoxy) is 4. The first-order valence-electron chi connectivity index (χ1n) is 18.9. The molecule has 0 spiro atoms. The molecule has 5 N–H and O–H groups in total. The number of esters is 4. The zero-order chi connectivity index (χ0) is 45.7. The Balaban J connectivity index is 0.000000336. The van der Waals surface area contributed by atoms with Crippen LogP contribution in [-0.4, -0.2) is 80.2 Å². The van der Waals surface area contributed by atoms with E-state index in [1.54, 1.807) is 125 Å². The largest absolute Gasteiger partial charge is 0.462 e. The number of nitrogens with one attached hydrogen (secondary N) is 3. The molecule has 0 aliphatic carbocycles. The summed E-state index contributed by atoms with van der Waals surface area (Å²) < 4.78 is 19.9. The maximum absolute atomic E-state index is 12.0. The lowest BCUT2D eigenvalue weighted by molar-refractivity contribution is 0.0517. The Morgan fingerprint density at radius 1 is 0.413 bits per heavy atom. The van der Waals surface area contributed by atoms with Gasteiger partial charge in [-0.15, -0.1) is 0 Å². The molecule has 0 atom stereocenters. The Morgan fingerprint density at radius 2 is 0.635 bits per heavy atom. The first-order valence-corrected chi connectivity index (χ1v) is 20.1. The van der Waals surface area contributed by atoms with Crippen molar-refractivity contribution in [3.63, 3.8) is 0 Å². The van der Waals surface area contributed by atoms with Gasteiger partial charge in [-0.1, -0.05) is 0 Å². The zero-order valence-electron chi connectivity index (χ0n) is 34.2. The topological polar surface area (TPSA) is 245 Å². The fraction of sp³-hybridized carbons (Fsp3) is 0.190.